The third-order valence-corrected chi connectivity index (χ3v) is 3.93. The van der Waals surface area contributed by atoms with Crippen LogP contribution >= 0.6 is 12.4 Å². The molecule has 1 atom stereocenters. The van der Waals surface area contributed by atoms with Crippen molar-refractivity contribution in [2.75, 3.05) is 6.54 Å². The molecule has 0 aromatic heterocycles. The van der Waals surface area contributed by atoms with Gasteiger partial charge in [-0.2, -0.15) is 0 Å². The molecular formula is C18H38ClNO2. The minimum absolute atomic E-state index is 0. The molecule has 0 saturated heterocycles. The van der Waals surface area contributed by atoms with E-state index in [0.29, 0.717) is 12.3 Å². The molecule has 0 amide bonds. The lowest BCUT2D eigenvalue weighted by molar-refractivity contribution is -0.139. The fourth-order valence-electron chi connectivity index (χ4n) is 2.63. The molecule has 0 saturated carbocycles. The smallest absolute Gasteiger partial charge is 0.320 e. The number of carbonyl (C=O) groups is 1. The maximum atomic E-state index is 11.1. The average molecular weight is 336 g/mol. The van der Waals surface area contributed by atoms with Crippen molar-refractivity contribution in [1.29, 1.82) is 0 Å². The minimum atomic E-state index is -0.712. The molecule has 0 spiro atoms. The molecule has 4 heteroatoms. The molecule has 0 aromatic rings. The van der Waals surface area contributed by atoms with Gasteiger partial charge in [-0.25, -0.2) is 0 Å². The maximum Gasteiger partial charge on any atom is 0.320 e. The van der Waals surface area contributed by atoms with E-state index in [2.05, 4.69) is 26.1 Å². The zero-order valence-corrected chi connectivity index (χ0v) is 15.7. The van der Waals surface area contributed by atoms with Gasteiger partial charge in [-0.05, 0) is 25.3 Å². The van der Waals surface area contributed by atoms with E-state index in [1.807, 2.05) is 0 Å². The third kappa shape index (κ3) is 16.1. The highest BCUT2D eigenvalue weighted by atomic mass is 35.5. The Kier molecular flexibility index (Phi) is 18.6. The number of unbranched alkanes of at least 4 members (excludes halogenated alkanes) is 9. The molecule has 2 N–H and O–H groups in total. The molecule has 0 bridgehead atoms. The van der Waals surface area contributed by atoms with Gasteiger partial charge >= 0.3 is 5.97 Å². The number of carboxylic acid groups (broad SMARTS) is 1. The molecule has 0 aliphatic carbocycles. The van der Waals surface area contributed by atoms with Crippen molar-refractivity contribution in [1.82, 2.24) is 5.32 Å². The molecule has 134 valence electrons. The van der Waals surface area contributed by atoms with Crippen LogP contribution in [-0.2, 0) is 4.79 Å². The molecule has 0 aromatic carbocycles. The van der Waals surface area contributed by atoms with Crippen LogP contribution < -0.4 is 5.32 Å². The number of hydrogen-bond acceptors (Lipinski definition) is 2. The van der Waals surface area contributed by atoms with Crippen molar-refractivity contribution in [3.63, 3.8) is 0 Å². The summed E-state index contributed by atoms with van der Waals surface area (Å²) in [6.07, 6.45) is 13.9. The summed E-state index contributed by atoms with van der Waals surface area (Å²) >= 11 is 0. The highest BCUT2D eigenvalue weighted by molar-refractivity contribution is 5.85. The van der Waals surface area contributed by atoms with Gasteiger partial charge < -0.3 is 10.4 Å². The summed E-state index contributed by atoms with van der Waals surface area (Å²) in [5.41, 5.74) is 0. The fourth-order valence-corrected chi connectivity index (χ4v) is 2.63. The molecule has 3 nitrogen and oxygen atoms in total. The molecule has 22 heavy (non-hydrogen) atoms. The Morgan fingerprint density at radius 3 is 1.77 bits per heavy atom. The number of hydrogen-bond donors (Lipinski definition) is 2. The van der Waals surface area contributed by atoms with E-state index in [1.54, 1.807) is 0 Å². The van der Waals surface area contributed by atoms with Gasteiger partial charge in [0.1, 0.15) is 6.04 Å². The van der Waals surface area contributed by atoms with E-state index in [1.165, 1.54) is 57.8 Å². The number of aliphatic carboxylic acids is 1. The average Bonchev–Trinajstić information content (AvgIpc) is 2.42. The van der Waals surface area contributed by atoms with Crippen LogP contribution in [0.1, 0.15) is 91.4 Å². The Morgan fingerprint density at radius 1 is 0.909 bits per heavy atom. The number of carboxylic acids is 1. The lowest BCUT2D eigenvalue weighted by Gasteiger charge is -2.16. The SMILES string of the molecule is CCCCCCCCCCCCN[C@@H](CC(C)C)C(=O)O.Cl. The van der Waals surface area contributed by atoms with Gasteiger partial charge in [0, 0.05) is 0 Å². The summed E-state index contributed by atoms with van der Waals surface area (Å²) in [5, 5.41) is 12.3. The van der Waals surface area contributed by atoms with E-state index < -0.39 is 5.97 Å². The van der Waals surface area contributed by atoms with Gasteiger partial charge in [-0.3, -0.25) is 4.79 Å². The van der Waals surface area contributed by atoms with Gasteiger partial charge in [0.05, 0.1) is 0 Å². The van der Waals surface area contributed by atoms with Crippen LogP contribution in [0.4, 0.5) is 0 Å². The van der Waals surface area contributed by atoms with Crippen molar-refractivity contribution >= 4 is 18.4 Å². The molecular weight excluding hydrogens is 298 g/mol. The monoisotopic (exact) mass is 335 g/mol. The third-order valence-electron chi connectivity index (χ3n) is 3.93. The standard InChI is InChI=1S/C18H37NO2.ClH/c1-4-5-6-7-8-9-10-11-12-13-14-19-17(18(20)21)15-16(2)3;/h16-17,19H,4-15H2,1-3H3,(H,20,21);1H/t17-;/m0./s1. The molecule has 0 radical (unpaired) electrons. The van der Waals surface area contributed by atoms with Crippen molar-refractivity contribution in [2.24, 2.45) is 5.92 Å². The van der Waals surface area contributed by atoms with Crippen molar-refractivity contribution < 1.29 is 9.90 Å². The largest absolute Gasteiger partial charge is 0.480 e. The van der Waals surface area contributed by atoms with E-state index in [-0.39, 0.29) is 18.4 Å². The first kappa shape index (κ1) is 24.0. The van der Waals surface area contributed by atoms with Crippen LogP contribution in [0, 0.1) is 5.92 Å². The van der Waals surface area contributed by atoms with Crippen molar-refractivity contribution in [3.05, 3.63) is 0 Å². The highest BCUT2D eigenvalue weighted by Gasteiger charge is 2.17. The first-order valence-electron chi connectivity index (χ1n) is 9.04. The van der Waals surface area contributed by atoms with Crippen LogP contribution in [0.3, 0.4) is 0 Å². The molecule has 0 unspecified atom stereocenters. The highest BCUT2D eigenvalue weighted by Crippen LogP contribution is 2.10. The zero-order valence-electron chi connectivity index (χ0n) is 14.9. The molecule has 0 rings (SSSR count). The lowest BCUT2D eigenvalue weighted by Crippen LogP contribution is -2.38. The van der Waals surface area contributed by atoms with Gasteiger partial charge in [0.25, 0.3) is 0 Å². The van der Waals surface area contributed by atoms with E-state index in [4.69, 9.17) is 5.11 Å². The zero-order chi connectivity index (χ0) is 15.9. The van der Waals surface area contributed by atoms with E-state index in [9.17, 15) is 4.79 Å². The van der Waals surface area contributed by atoms with Gasteiger partial charge in [0.15, 0.2) is 0 Å². The van der Waals surface area contributed by atoms with Crippen molar-refractivity contribution in [2.45, 2.75) is 97.4 Å². The van der Waals surface area contributed by atoms with Crippen LogP contribution in [0.25, 0.3) is 0 Å². The minimum Gasteiger partial charge on any atom is -0.480 e. The second-order valence-corrected chi connectivity index (χ2v) is 6.66. The molecule has 0 fully saturated rings. The van der Waals surface area contributed by atoms with E-state index >= 15 is 0 Å². The van der Waals surface area contributed by atoms with Gasteiger partial charge in [-0.1, -0.05) is 78.6 Å². The molecule has 0 aliphatic rings. The fraction of sp³-hybridized carbons (Fsp3) is 0.944. The summed E-state index contributed by atoms with van der Waals surface area (Å²) in [5.74, 6) is -0.290. The Bertz CT molecular complexity index is 247. The Balaban J connectivity index is 0. The van der Waals surface area contributed by atoms with Crippen molar-refractivity contribution in [3.8, 4) is 0 Å². The van der Waals surface area contributed by atoms with Gasteiger partial charge in [-0.15, -0.1) is 12.4 Å². The number of nitrogens with one attached hydrogen (secondary N) is 1. The normalized spacial score (nSPS) is 12.2. The maximum absolute atomic E-state index is 11.1. The number of halogens is 1. The van der Waals surface area contributed by atoms with Crippen LogP contribution in [0.2, 0.25) is 0 Å². The summed E-state index contributed by atoms with van der Waals surface area (Å²) in [7, 11) is 0. The topological polar surface area (TPSA) is 49.3 Å². The Labute approximate surface area is 144 Å². The quantitative estimate of drug-likeness (QED) is 0.393. The Morgan fingerprint density at radius 2 is 1.36 bits per heavy atom. The predicted molar refractivity (Wildman–Crippen MR) is 98.0 cm³/mol. The lowest BCUT2D eigenvalue weighted by atomic mass is 10.0. The second kappa shape index (κ2) is 17.1. The van der Waals surface area contributed by atoms with Crippen LogP contribution in [0.5, 0.6) is 0 Å². The summed E-state index contributed by atoms with van der Waals surface area (Å²) in [4.78, 5) is 11.1. The van der Waals surface area contributed by atoms with E-state index in [0.717, 1.165) is 13.0 Å². The first-order valence-corrected chi connectivity index (χ1v) is 9.04. The summed E-state index contributed by atoms with van der Waals surface area (Å²) < 4.78 is 0. The molecule has 0 heterocycles. The molecule has 0 aliphatic heterocycles. The second-order valence-electron chi connectivity index (χ2n) is 6.66. The van der Waals surface area contributed by atoms with Crippen LogP contribution in [-0.4, -0.2) is 23.7 Å². The Hall–Kier alpha value is -0.280. The number of rotatable bonds is 15. The summed E-state index contributed by atoms with van der Waals surface area (Å²) in [6.45, 7) is 7.22. The predicted octanol–water partition coefficient (Wildman–Crippen LogP) is 5.42. The first-order chi connectivity index (χ1) is 10.1. The van der Waals surface area contributed by atoms with Crippen LogP contribution in [0.15, 0.2) is 0 Å². The summed E-state index contributed by atoms with van der Waals surface area (Å²) in [6, 6.07) is -0.372. The van der Waals surface area contributed by atoms with Gasteiger partial charge in [0.2, 0.25) is 0 Å².